The molecule has 2 aromatic heterocycles. The zero-order valence-corrected chi connectivity index (χ0v) is 37.1. The van der Waals surface area contributed by atoms with Crippen LogP contribution < -0.4 is 10.6 Å². The molecule has 65 heavy (non-hydrogen) atoms. The Kier molecular flexibility index (Phi) is 12.9. The topological polar surface area (TPSA) is 204 Å². The second-order valence-corrected chi connectivity index (χ2v) is 18.0. The van der Waals surface area contributed by atoms with E-state index in [1.165, 1.54) is 7.11 Å². The maximum Gasteiger partial charge on any atom is 0.407 e. The van der Waals surface area contributed by atoms with Gasteiger partial charge < -0.3 is 49.7 Å². The van der Waals surface area contributed by atoms with Crippen LogP contribution in [0.25, 0.3) is 44.4 Å². The van der Waals surface area contributed by atoms with Gasteiger partial charge in [0, 0.05) is 44.1 Å². The molecule has 0 saturated carbocycles. The maximum atomic E-state index is 14.2. The minimum absolute atomic E-state index is 0.0179. The first-order chi connectivity index (χ1) is 31.6. The SMILES string of the molecule is COC(=O)NC(C(=O)N1[C@@H](C)CC[C@H]1c1ncc(-c2ccc3cc(-c4ccc(-c5cnc([C@@H]6CC[C@H](C)N6C(=O)C(NC(=O)O)C6CCOCC6)[nH]5)cc4)ccc3c2)[nH]1)C1CCOCC1. The number of likely N-dealkylation sites (tertiary alicyclic amines) is 2. The first-order valence-electron chi connectivity index (χ1n) is 22.9. The number of imidazole rings is 2. The van der Waals surface area contributed by atoms with E-state index in [2.05, 4.69) is 81.3 Å². The second kappa shape index (κ2) is 19.1. The highest BCUT2D eigenvalue weighted by molar-refractivity contribution is 5.91. The third kappa shape index (κ3) is 9.19. The number of fused-ring (bicyclic) bond motifs is 1. The highest BCUT2D eigenvalue weighted by Gasteiger charge is 2.44. The Morgan fingerprint density at radius 1 is 0.631 bits per heavy atom. The van der Waals surface area contributed by atoms with E-state index in [4.69, 9.17) is 24.2 Å². The number of carbonyl (C=O) groups is 4. The first-order valence-corrected chi connectivity index (χ1v) is 22.9. The third-order valence-electron chi connectivity index (χ3n) is 14.1. The van der Waals surface area contributed by atoms with Gasteiger partial charge in [0.05, 0.1) is 43.0 Å². The summed E-state index contributed by atoms with van der Waals surface area (Å²) in [5.74, 6) is 0.924. The molecule has 4 aliphatic heterocycles. The molecule has 16 heteroatoms. The standard InChI is InChI=1S/C49H58N8O8/c1-28-4-14-40(56(28)46(58)42(54-48(60)61)32-16-20-64-21-17-32)44-50-26-38(52-44)31-8-6-30(7-9-31)34-10-11-36-25-37(13-12-35(36)24-34)39-27-51-45(53-39)41-15-5-29(2)57(41)47(59)43(55-49(62)63-3)33-18-22-65-23-19-33/h6-13,24-29,32-33,40-43,54H,4-5,14-23H2,1-3H3,(H,50,52)(H,51,53)(H,55,62)(H,60,61)/t28-,29-,40-,41-,42?,43?/m0/s1. The molecule has 0 spiro atoms. The van der Waals surface area contributed by atoms with Crippen molar-refractivity contribution in [3.8, 4) is 33.6 Å². The van der Waals surface area contributed by atoms with E-state index in [-0.39, 0.29) is 47.8 Å². The van der Waals surface area contributed by atoms with Gasteiger partial charge in [-0.25, -0.2) is 19.6 Å². The van der Waals surface area contributed by atoms with Gasteiger partial charge in [-0.1, -0.05) is 48.5 Å². The lowest BCUT2D eigenvalue weighted by atomic mass is 9.90. The van der Waals surface area contributed by atoms with Gasteiger partial charge >= 0.3 is 12.2 Å². The summed E-state index contributed by atoms with van der Waals surface area (Å²) in [6, 6.07) is 18.9. The Hall–Kier alpha value is -6.26. The number of amides is 4. The van der Waals surface area contributed by atoms with E-state index >= 15 is 0 Å². The van der Waals surface area contributed by atoms with Crippen LogP contribution in [0.15, 0.2) is 73.1 Å². The molecule has 2 unspecified atom stereocenters. The van der Waals surface area contributed by atoms with Crippen molar-refractivity contribution in [2.24, 2.45) is 11.8 Å². The molecule has 16 nitrogen and oxygen atoms in total. The van der Waals surface area contributed by atoms with Crippen LogP contribution in [0.3, 0.4) is 0 Å². The number of methoxy groups -OCH3 is 1. The maximum absolute atomic E-state index is 14.2. The number of H-pyrrole nitrogens is 2. The number of hydrogen-bond donors (Lipinski definition) is 5. The van der Waals surface area contributed by atoms with Crippen LogP contribution in [0.4, 0.5) is 9.59 Å². The van der Waals surface area contributed by atoms with Crippen LogP contribution >= 0.6 is 0 Å². The summed E-state index contributed by atoms with van der Waals surface area (Å²) in [7, 11) is 1.31. The van der Waals surface area contributed by atoms with Gasteiger partial charge in [-0.05, 0) is 117 Å². The van der Waals surface area contributed by atoms with Crippen molar-refractivity contribution < 1.29 is 38.5 Å². The van der Waals surface area contributed by atoms with Crippen LogP contribution in [-0.4, -0.2) is 117 Å². The van der Waals surface area contributed by atoms with Gasteiger partial charge in [-0.3, -0.25) is 9.59 Å². The number of benzene rings is 3. The van der Waals surface area contributed by atoms with E-state index in [1.807, 2.05) is 29.8 Å². The monoisotopic (exact) mass is 886 g/mol. The molecule has 4 amide bonds. The number of nitrogens with one attached hydrogen (secondary N) is 4. The lowest BCUT2D eigenvalue weighted by Crippen LogP contribution is -2.54. The Bertz CT molecular complexity index is 2510. The lowest BCUT2D eigenvalue weighted by Gasteiger charge is -2.36. The molecule has 4 aliphatic rings. The Labute approximate surface area is 377 Å². The summed E-state index contributed by atoms with van der Waals surface area (Å²) in [4.78, 5) is 72.7. The molecule has 5 N–H and O–H groups in total. The van der Waals surface area contributed by atoms with Crippen molar-refractivity contribution in [2.45, 2.75) is 101 Å². The molecule has 0 radical (unpaired) electrons. The molecular weight excluding hydrogens is 829 g/mol. The van der Waals surface area contributed by atoms with E-state index < -0.39 is 24.3 Å². The lowest BCUT2D eigenvalue weighted by molar-refractivity contribution is -0.139. The summed E-state index contributed by atoms with van der Waals surface area (Å²) >= 11 is 0. The van der Waals surface area contributed by atoms with Crippen molar-refractivity contribution in [2.75, 3.05) is 33.5 Å². The normalized spacial score (nSPS) is 22.8. The molecule has 6 atom stereocenters. The fourth-order valence-electron chi connectivity index (χ4n) is 10.5. The first kappa shape index (κ1) is 44.0. The van der Waals surface area contributed by atoms with Crippen molar-refractivity contribution >= 4 is 34.8 Å². The molecular formula is C49H58N8O8. The average molecular weight is 887 g/mol. The van der Waals surface area contributed by atoms with Crippen LogP contribution in [0.5, 0.6) is 0 Å². The zero-order chi connectivity index (χ0) is 45.2. The van der Waals surface area contributed by atoms with Crippen LogP contribution in [0.1, 0.15) is 88.9 Å². The summed E-state index contributed by atoms with van der Waals surface area (Å²) in [6.07, 6.45) is 7.55. The second-order valence-electron chi connectivity index (χ2n) is 18.0. The van der Waals surface area contributed by atoms with E-state index in [1.54, 1.807) is 6.20 Å². The highest BCUT2D eigenvalue weighted by atomic mass is 16.5. The molecule has 4 saturated heterocycles. The van der Waals surface area contributed by atoms with E-state index in [0.717, 1.165) is 75.9 Å². The minimum Gasteiger partial charge on any atom is -0.465 e. The molecule has 0 bridgehead atoms. The van der Waals surface area contributed by atoms with Crippen LogP contribution in [-0.2, 0) is 23.8 Å². The number of rotatable bonds is 11. The number of hydrogen-bond acceptors (Lipinski definition) is 9. The molecule has 342 valence electrons. The van der Waals surface area contributed by atoms with Crippen LogP contribution in [0.2, 0.25) is 0 Å². The molecule has 5 aromatic rings. The number of ether oxygens (including phenoxy) is 3. The quantitative estimate of drug-likeness (QED) is 0.0879. The number of carbonyl (C=O) groups excluding carboxylic acids is 3. The van der Waals surface area contributed by atoms with Gasteiger partial charge in [0.25, 0.3) is 0 Å². The Balaban J connectivity index is 0.877. The van der Waals surface area contributed by atoms with E-state index in [9.17, 15) is 24.3 Å². The van der Waals surface area contributed by atoms with Gasteiger partial charge in [-0.2, -0.15) is 0 Å². The fourth-order valence-corrected chi connectivity index (χ4v) is 10.5. The minimum atomic E-state index is -1.20. The van der Waals surface area contributed by atoms with Gasteiger partial charge in [0.15, 0.2) is 0 Å². The molecule has 3 aromatic carbocycles. The average Bonchev–Trinajstić information content (AvgIpc) is 4.17. The third-order valence-corrected chi connectivity index (χ3v) is 14.1. The number of carboxylic acid groups (broad SMARTS) is 1. The smallest absolute Gasteiger partial charge is 0.407 e. The van der Waals surface area contributed by atoms with Crippen molar-refractivity contribution in [1.29, 1.82) is 0 Å². The van der Waals surface area contributed by atoms with Gasteiger partial charge in [0.2, 0.25) is 11.8 Å². The fraction of sp³-hybridized carbons (Fsp3) is 0.469. The predicted octanol–water partition coefficient (Wildman–Crippen LogP) is 7.61. The largest absolute Gasteiger partial charge is 0.465 e. The predicted molar refractivity (Wildman–Crippen MR) is 242 cm³/mol. The number of alkyl carbamates (subject to hydrolysis) is 1. The molecule has 0 aliphatic carbocycles. The number of aromatic amines is 2. The van der Waals surface area contributed by atoms with Gasteiger partial charge in [0.1, 0.15) is 23.7 Å². The molecule has 6 heterocycles. The van der Waals surface area contributed by atoms with Crippen LogP contribution in [0, 0.1) is 11.8 Å². The summed E-state index contributed by atoms with van der Waals surface area (Å²) in [6.45, 7) is 6.19. The number of nitrogens with zero attached hydrogens (tertiary/aromatic N) is 4. The Morgan fingerprint density at radius 3 is 1.58 bits per heavy atom. The summed E-state index contributed by atoms with van der Waals surface area (Å²) in [5, 5.41) is 17.2. The zero-order valence-electron chi connectivity index (χ0n) is 37.1. The van der Waals surface area contributed by atoms with Gasteiger partial charge in [-0.15, -0.1) is 0 Å². The van der Waals surface area contributed by atoms with Crippen molar-refractivity contribution in [3.05, 3.63) is 84.7 Å². The molecule has 9 rings (SSSR count). The summed E-state index contributed by atoms with van der Waals surface area (Å²) in [5.41, 5.74) is 5.79. The molecule has 4 fully saturated rings. The highest BCUT2D eigenvalue weighted by Crippen LogP contribution is 2.40. The Morgan fingerprint density at radius 2 is 1.08 bits per heavy atom. The van der Waals surface area contributed by atoms with Crippen molar-refractivity contribution in [3.63, 3.8) is 0 Å². The van der Waals surface area contributed by atoms with Crippen molar-refractivity contribution in [1.82, 2.24) is 40.4 Å². The summed E-state index contributed by atoms with van der Waals surface area (Å²) < 4.78 is 15.9. The number of aromatic nitrogens is 4. The van der Waals surface area contributed by atoms with E-state index in [0.29, 0.717) is 57.9 Å².